The zero-order valence-electron chi connectivity index (χ0n) is 9.04. The maximum absolute atomic E-state index is 4.28. The number of anilines is 1. The van der Waals surface area contributed by atoms with Crippen molar-refractivity contribution in [3.05, 3.63) is 17.3 Å². The van der Waals surface area contributed by atoms with Crippen molar-refractivity contribution in [2.75, 3.05) is 12.4 Å². The summed E-state index contributed by atoms with van der Waals surface area (Å²) in [4.78, 5) is 0. The first-order valence-electron chi connectivity index (χ1n) is 5.25. The Morgan fingerprint density at radius 3 is 2.86 bits per heavy atom. The highest BCUT2D eigenvalue weighted by atomic mass is 15.2. The standard InChI is InChI=1S/C11H17N3/c1-7-4-8(2)9-6-11(12-3)14-13-10(9)5-7/h6-8H,4-5H2,1-3H3,(H,12,14). The van der Waals surface area contributed by atoms with Gasteiger partial charge in [0.05, 0.1) is 5.69 Å². The highest BCUT2D eigenvalue weighted by Crippen LogP contribution is 2.33. The Kier molecular flexibility index (Phi) is 2.40. The maximum atomic E-state index is 4.28. The third-order valence-corrected chi connectivity index (χ3v) is 2.99. The zero-order chi connectivity index (χ0) is 10.1. The number of nitrogens with zero attached hydrogens (tertiary/aromatic N) is 2. The third kappa shape index (κ3) is 1.59. The number of hydrogen-bond acceptors (Lipinski definition) is 3. The van der Waals surface area contributed by atoms with E-state index in [4.69, 9.17) is 0 Å². The largest absolute Gasteiger partial charge is 0.372 e. The van der Waals surface area contributed by atoms with Crippen molar-refractivity contribution in [2.24, 2.45) is 5.92 Å². The molecular weight excluding hydrogens is 174 g/mol. The van der Waals surface area contributed by atoms with Crippen LogP contribution in [0.15, 0.2) is 6.07 Å². The first-order chi connectivity index (χ1) is 6.70. The molecule has 1 aromatic heterocycles. The van der Waals surface area contributed by atoms with Crippen LogP contribution in [0.2, 0.25) is 0 Å². The van der Waals surface area contributed by atoms with Gasteiger partial charge < -0.3 is 5.32 Å². The van der Waals surface area contributed by atoms with Crippen molar-refractivity contribution in [1.82, 2.24) is 10.2 Å². The number of rotatable bonds is 1. The fraction of sp³-hybridized carbons (Fsp3) is 0.636. The van der Waals surface area contributed by atoms with Gasteiger partial charge in [0, 0.05) is 7.05 Å². The normalized spacial score (nSPS) is 25.6. The first kappa shape index (κ1) is 9.44. The summed E-state index contributed by atoms with van der Waals surface area (Å²) in [6.45, 7) is 4.56. The second kappa shape index (κ2) is 3.56. The van der Waals surface area contributed by atoms with E-state index >= 15 is 0 Å². The molecule has 1 heterocycles. The lowest BCUT2D eigenvalue weighted by Gasteiger charge is -2.25. The van der Waals surface area contributed by atoms with Gasteiger partial charge in [0.1, 0.15) is 5.82 Å². The van der Waals surface area contributed by atoms with Crippen molar-refractivity contribution in [3.63, 3.8) is 0 Å². The summed E-state index contributed by atoms with van der Waals surface area (Å²) >= 11 is 0. The molecule has 14 heavy (non-hydrogen) atoms. The molecule has 1 N–H and O–H groups in total. The van der Waals surface area contributed by atoms with Crippen LogP contribution >= 0.6 is 0 Å². The minimum atomic E-state index is 0.622. The van der Waals surface area contributed by atoms with Crippen LogP contribution in [0.4, 0.5) is 5.82 Å². The number of hydrogen-bond donors (Lipinski definition) is 1. The van der Waals surface area contributed by atoms with Crippen LogP contribution < -0.4 is 5.32 Å². The number of nitrogens with one attached hydrogen (secondary N) is 1. The molecule has 1 aliphatic rings. The van der Waals surface area contributed by atoms with Crippen LogP contribution in [0.25, 0.3) is 0 Å². The predicted molar refractivity (Wildman–Crippen MR) is 57.5 cm³/mol. The highest BCUT2D eigenvalue weighted by Gasteiger charge is 2.23. The zero-order valence-corrected chi connectivity index (χ0v) is 9.04. The molecule has 3 heteroatoms. The third-order valence-electron chi connectivity index (χ3n) is 2.99. The van der Waals surface area contributed by atoms with E-state index in [-0.39, 0.29) is 0 Å². The molecule has 76 valence electrons. The summed E-state index contributed by atoms with van der Waals surface area (Å²) in [5.74, 6) is 2.24. The van der Waals surface area contributed by atoms with Gasteiger partial charge >= 0.3 is 0 Å². The van der Waals surface area contributed by atoms with Gasteiger partial charge in [-0.1, -0.05) is 13.8 Å². The second-order valence-corrected chi connectivity index (χ2v) is 4.33. The van der Waals surface area contributed by atoms with E-state index in [1.54, 1.807) is 0 Å². The number of aromatic nitrogens is 2. The SMILES string of the molecule is CNc1cc2c(nn1)CC(C)CC2C. The van der Waals surface area contributed by atoms with Gasteiger partial charge in [-0.2, -0.15) is 5.10 Å². The van der Waals surface area contributed by atoms with Crippen LogP contribution in [-0.4, -0.2) is 17.2 Å². The molecule has 0 radical (unpaired) electrons. The van der Waals surface area contributed by atoms with Crippen LogP contribution in [0.1, 0.15) is 37.4 Å². The Morgan fingerprint density at radius 1 is 1.36 bits per heavy atom. The molecule has 2 unspecified atom stereocenters. The lowest BCUT2D eigenvalue weighted by atomic mass is 9.81. The Morgan fingerprint density at radius 2 is 2.14 bits per heavy atom. The Balaban J connectivity index is 2.39. The van der Waals surface area contributed by atoms with Gasteiger partial charge in [0.2, 0.25) is 0 Å². The average molecular weight is 191 g/mol. The van der Waals surface area contributed by atoms with Gasteiger partial charge in [-0.15, -0.1) is 5.10 Å². The van der Waals surface area contributed by atoms with Gasteiger partial charge in [-0.3, -0.25) is 0 Å². The minimum absolute atomic E-state index is 0.622. The van der Waals surface area contributed by atoms with Crippen LogP contribution in [0, 0.1) is 5.92 Å². The van der Waals surface area contributed by atoms with Crippen molar-refractivity contribution in [2.45, 2.75) is 32.6 Å². The molecule has 2 rings (SSSR count). The molecule has 0 saturated heterocycles. The van der Waals surface area contributed by atoms with Crippen molar-refractivity contribution >= 4 is 5.82 Å². The van der Waals surface area contributed by atoms with E-state index < -0.39 is 0 Å². The molecule has 1 aromatic rings. The van der Waals surface area contributed by atoms with E-state index in [1.165, 1.54) is 17.7 Å². The van der Waals surface area contributed by atoms with E-state index in [1.807, 2.05) is 7.05 Å². The molecule has 0 saturated carbocycles. The molecular formula is C11H17N3. The van der Waals surface area contributed by atoms with Gasteiger partial charge in [-0.05, 0) is 36.3 Å². The van der Waals surface area contributed by atoms with E-state index in [9.17, 15) is 0 Å². The molecule has 0 spiro atoms. The van der Waals surface area contributed by atoms with Crippen LogP contribution in [0.3, 0.4) is 0 Å². The van der Waals surface area contributed by atoms with Crippen LogP contribution in [0.5, 0.6) is 0 Å². The van der Waals surface area contributed by atoms with E-state index in [0.29, 0.717) is 5.92 Å². The summed E-state index contributed by atoms with van der Waals surface area (Å²) in [6, 6.07) is 2.14. The van der Waals surface area contributed by atoms with Crippen molar-refractivity contribution < 1.29 is 0 Å². The summed E-state index contributed by atoms with van der Waals surface area (Å²) in [5.41, 5.74) is 2.57. The summed E-state index contributed by atoms with van der Waals surface area (Å²) in [7, 11) is 1.88. The molecule has 0 aliphatic heterocycles. The van der Waals surface area contributed by atoms with Crippen molar-refractivity contribution in [1.29, 1.82) is 0 Å². The summed E-state index contributed by atoms with van der Waals surface area (Å²) in [5, 5.41) is 11.4. The lowest BCUT2D eigenvalue weighted by Crippen LogP contribution is -2.17. The topological polar surface area (TPSA) is 37.8 Å². The molecule has 0 bridgehead atoms. The second-order valence-electron chi connectivity index (χ2n) is 4.33. The summed E-state index contributed by atoms with van der Waals surface area (Å²) in [6.07, 6.45) is 2.35. The predicted octanol–water partition coefficient (Wildman–Crippen LogP) is 2.20. The van der Waals surface area contributed by atoms with Gasteiger partial charge in [-0.25, -0.2) is 0 Å². The Hall–Kier alpha value is -1.12. The molecule has 0 fully saturated rings. The van der Waals surface area contributed by atoms with E-state index in [0.717, 1.165) is 18.2 Å². The smallest absolute Gasteiger partial charge is 0.148 e. The average Bonchev–Trinajstić information content (AvgIpc) is 2.17. The lowest BCUT2D eigenvalue weighted by molar-refractivity contribution is 0.439. The Bertz CT molecular complexity index is 335. The Labute approximate surface area is 84.9 Å². The molecule has 2 atom stereocenters. The molecule has 3 nitrogen and oxygen atoms in total. The van der Waals surface area contributed by atoms with E-state index in [2.05, 4.69) is 35.4 Å². The molecule has 0 aromatic carbocycles. The minimum Gasteiger partial charge on any atom is -0.372 e. The monoisotopic (exact) mass is 191 g/mol. The van der Waals surface area contributed by atoms with Gasteiger partial charge in [0.25, 0.3) is 0 Å². The fourth-order valence-corrected chi connectivity index (χ4v) is 2.28. The van der Waals surface area contributed by atoms with Gasteiger partial charge in [0.15, 0.2) is 0 Å². The fourth-order valence-electron chi connectivity index (χ4n) is 2.28. The molecule has 1 aliphatic carbocycles. The quantitative estimate of drug-likeness (QED) is 0.739. The highest BCUT2D eigenvalue weighted by molar-refractivity contribution is 5.40. The van der Waals surface area contributed by atoms with Crippen LogP contribution in [-0.2, 0) is 6.42 Å². The molecule has 0 amide bonds. The first-order valence-corrected chi connectivity index (χ1v) is 5.25. The number of fused-ring (bicyclic) bond motifs is 1. The maximum Gasteiger partial charge on any atom is 0.148 e. The summed E-state index contributed by atoms with van der Waals surface area (Å²) < 4.78 is 0. The van der Waals surface area contributed by atoms with Crippen molar-refractivity contribution in [3.8, 4) is 0 Å².